The van der Waals surface area contributed by atoms with E-state index in [1.807, 2.05) is 23.1 Å². The molecular weight excluding hydrogens is 304 g/mol. The molecule has 1 aromatic carbocycles. The highest BCUT2D eigenvalue weighted by molar-refractivity contribution is 5.89. The molecule has 1 heterocycles. The van der Waals surface area contributed by atoms with Gasteiger partial charge in [0.2, 0.25) is 5.91 Å². The van der Waals surface area contributed by atoms with Gasteiger partial charge in [-0.25, -0.2) is 0 Å². The first-order valence-electron chi connectivity index (χ1n) is 8.83. The average molecular weight is 332 g/mol. The van der Waals surface area contributed by atoms with Gasteiger partial charge in [0.25, 0.3) is 0 Å². The quantitative estimate of drug-likeness (QED) is 0.896. The van der Waals surface area contributed by atoms with Gasteiger partial charge in [0.15, 0.2) is 0 Å². The number of carbonyl (C=O) groups excluding carboxylic acids is 1. The lowest BCUT2D eigenvalue weighted by atomic mass is 9.88. The molecule has 0 saturated carbocycles. The molecule has 5 heteroatoms. The molecule has 2 N–H and O–H groups in total. The summed E-state index contributed by atoms with van der Waals surface area (Å²) in [4.78, 5) is 15.1. The highest BCUT2D eigenvalue weighted by Crippen LogP contribution is 2.41. The van der Waals surface area contributed by atoms with Crippen molar-refractivity contribution in [2.24, 2.45) is 11.7 Å². The van der Waals surface area contributed by atoms with Crippen molar-refractivity contribution >= 4 is 5.91 Å². The van der Waals surface area contributed by atoms with E-state index in [1.165, 1.54) is 0 Å². The molecule has 0 radical (unpaired) electrons. The number of hydrogen-bond acceptors (Lipinski definition) is 4. The van der Waals surface area contributed by atoms with Crippen LogP contribution < -0.4 is 10.5 Å². The first kappa shape index (κ1) is 17.2. The van der Waals surface area contributed by atoms with Gasteiger partial charge in [0.05, 0.1) is 7.11 Å². The molecule has 1 fully saturated rings. The lowest BCUT2D eigenvalue weighted by Gasteiger charge is -2.37. The Hall–Kier alpha value is -1.59. The fourth-order valence-electron chi connectivity index (χ4n) is 4.10. The number of piperidine rings is 1. The second-order valence-corrected chi connectivity index (χ2v) is 6.97. The van der Waals surface area contributed by atoms with Gasteiger partial charge < -0.3 is 20.1 Å². The number of ether oxygens (including phenoxy) is 2. The molecule has 2 aliphatic rings. The van der Waals surface area contributed by atoms with E-state index in [-0.39, 0.29) is 5.91 Å². The minimum atomic E-state index is -0.900. The van der Waals surface area contributed by atoms with Gasteiger partial charge >= 0.3 is 0 Å². The van der Waals surface area contributed by atoms with E-state index in [4.69, 9.17) is 15.2 Å². The second-order valence-electron chi connectivity index (χ2n) is 6.97. The van der Waals surface area contributed by atoms with Crippen molar-refractivity contribution < 1.29 is 14.3 Å². The van der Waals surface area contributed by atoms with Crippen molar-refractivity contribution in [1.82, 2.24) is 4.90 Å². The van der Waals surface area contributed by atoms with Gasteiger partial charge in [0, 0.05) is 26.8 Å². The first-order chi connectivity index (χ1) is 11.6. The summed E-state index contributed by atoms with van der Waals surface area (Å²) in [6, 6.07) is 5.85. The number of benzene rings is 1. The minimum Gasteiger partial charge on any atom is -0.496 e. The van der Waals surface area contributed by atoms with Crippen LogP contribution in [0.25, 0.3) is 0 Å². The number of amides is 1. The molecule has 1 atom stereocenters. The van der Waals surface area contributed by atoms with Crippen molar-refractivity contribution in [3.05, 3.63) is 29.3 Å². The normalized spacial score (nSPS) is 24.0. The van der Waals surface area contributed by atoms with Crippen LogP contribution in [0.4, 0.5) is 0 Å². The monoisotopic (exact) mass is 332 g/mol. The van der Waals surface area contributed by atoms with Gasteiger partial charge in [-0.1, -0.05) is 12.1 Å². The van der Waals surface area contributed by atoms with Gasteiger partial charge in [-0.3, -0.25) is 4.79 Å². The Balaban J connectivity index is 1.71. The Labute approximate surface area is 144 Å². The SMILES string of the molecule is COCCC1CCN(C(=O)C2(N)CCc3c(OC)cccc32)CC1. The van der Waals surface area contributed by atoms with Crippen molar-refractivity contribution in [3.8, 4) is 5.75 Å². The summed E-state index contributed by atoms with van der Waals surface area (Å²) in [5, 5.41) is 0. The first-order valence-corrected chi connectivity index (χ1v) is 8.83. The van der Waals surface area contributed by atoms with Gasteiger partial charge in [-0.05, 0) is 55.2 Å². The van der Waals surface area contributed by atoms with Crippen LogP contribution in [-0.2, 0) is 21.5 Å². The molecule has 1 unspecified atom stereocenters. The number of nitrogens with two attached hydrogens (primary N) is 1. The Morgan fingerprint density at radius 2 is 2.08 bits per heavy atom. The molecule has 24 heavy (non-hydrogen) atoms. The maximum Gasteiger partial charge on any atom is 0.247 e. The van der Waals surface area contributed by atoms with Crippen LogP contribution in [0.2, 0.25) is 0 Å². The highest BCUT2D eigenvalue weighted by atomic mass is 16.5. The van der Waals surface area contributed by atoms with Gasteiger partial charge in [-0.15, -0.1) is 0 Å². The number of carbonyl (C=O) groups is 1. The van der Waals surface area contributed by atoms with Crippen molar-refractivity contribution in [2.75, 3.05) is 33.9 Å². The molecule has 5 nitrogen and oxygen atoms in total. The second kappa shape index (κ2) is 7.11. The fraction of sp³-hybridized carbons (Fsp3) is 0.632. The van der Waals surface area contributed by atoms with Crippen molar-refractivity contribution in [3.63, 3.8) is 0 Å². The Morgan fingerprint density at radius 1 is 1.33 bits per heavy atom. The Kier molecular flexibility index (Phi) is 5.11. The van der Waals surface area contributed by atoms with E-state index in [1.54, 1.807) is 14.2 Å². The van der Waals surface area contributed by atoms with E-state index in [0.29, 0.717) is 12.3 Å². The summed E-state index contributed by atoms with van der Waals surface area (Å²) >= 11 is 0. The van der Waals surface area contributed by atoms with Crippen LogP contribution in [0.3, 0.4) is 0 Å². The number of nitrogens with zero attached hydrogens (tertiary/aromatic N) is 1. The smallest absolute Gasteiger partial charge is 0.247 e. The predicted molar refractivity (Wildman–Crippen MR) is 93.0 cm³/mol. The zero-order valence-corrected chi connectivity index (χ0v) is 14.7. The number of hydrogen-bond donors (Lipinski definition) is 1. The Morgan fingerprint density at radius 3 is 2.75 bits per heavy atom. The topological polar surface area (TPSA) is 64.8 Å². The number of rotatable bonds is 5. The summed E-state index contributed by atoms with van der Waals surface area (Å²) in [6.45, 7) is 2.39. The number of methoxy groups -OCH3 is 2. The van der Waals surface area contributed by atoms with E-state index < -0.39 is 5.54 Å². The summed E-state index contributed by atoms with van der Waals surface area (Å²) < 4.78 is 10.6. The largest absolute Gasteiger partial charge is 0.496 e. The van der Waals surface area contributed by atoms with Crippen molar-refractivity contribution in [2.45, 2.75) is 37.6 Å². The summed E-state index contributed by atoms with van der Waals surface area (Å²) in [5.41, 5.74) is 7.74. The third-order valence-electron chi connectivity index (χ3n) is 5.62. The molecule has 132 valence electrons. The third kappa shape index (κ3) is 3.03. The molecule has 1 aromatic rings. The number of likely N-dealkylation sites (tertiary alicyclic amines) is 1. The molecule has 0 bridgehead atoms. The van der Waals surface area contributed by atoms with Crippen molar-refractivity contribution in [1.29, 1.82) is 0 Å². The summed E-state index contributed by atoms with van der Waals surface area (Å²) in [5.74, 6) is 1.56. The molecular formula is C19H28N2O3. The van der Waals surface area contributed by atoms with E-state index in [0.717, 1.165) is 62.3 Å². The maximum absolute atomic E-state index is 13.1. The predicted octanol–water partition coefficient (Wildman–Crippen LogP) is 2.07. The van der Waals surface area contributed by atoms with E-state index >= 15 is 0 Å². The molecule has 1 amide bonds. The molecule has 0 aromatic heterocycles. The van der Waals surface area contributed by atoms with Crippen LogP contribution in [0, 0.1) is 5.92 Å². The fourth-order valence-corrected chi connectivity index (χ4v) is 4.10. The number of fused-ring (bicyclic) bond motifs is 1. The third-order valence-corrected chi connectivity index (χ3v) is 5.62. The minimum absolute atomic E-state index is 0.0692. The van der Waals surface area contributed by atoms with Crippen LogP contribution in [0.15, 0.2) is 18.2 Å². The standard InChI is InChI=1S/C19H28N2O3/c1-23-13-9-14-7-11-21(12-8-14)18(22)19(20)10-6-15-16(19)4-3-5-17(15)24-2/h3-5,14H,6-13,20H2,1-2H3. The Bertz CT molecular complexity index is 596. The molecule has 1 aliphatic carbocycles. The molecule has 3 rings (SSSR count). The van der Waals surface area contributed by atoms with Crippen LogP contribution >= 0.6 is 0 Å². The highest BCUT2D eigenvalue weighted by Gasteiger charge is 2.45. The average Bonchev–Trinajstić information content (AvgIpc) is 2.98. The van der Waals surface area contributed by atoms with Crippen LogP contribution in [0.1, 0.15) is 36.8 Å². The van der Waals surface area contributed by atoms with Crippen LogP contribution in [0.5, 0.6) is 5.75 Å². The molecule has 0 spiro atoms. The zero-order valence-electron chi connectivity index (χ0n) is 14.7. The van der Waals surface area contributed by atoms with Crippen LogP contribution in [-0.4, -0.2) is 44.7 Å². The molecule has 1 saturated heterocycles. The zero-order chi connectivity index (χ0) is 17.2. The summed E-state index contributed by atoms with van der Waals surface area (Å²) in [7, 11) is 3.40. The lowest BCUT2D eigenvalue weighted by Crippen LogP contribution is -2.53. The lowest BCUT2D eigenvalue weighted by molar-refractivity contribution is -0.138. The molecule has 1 aliphatic heterocycles. The summed E-state index contributed by atoms with van der Waals surface area (Å²) in [6.07, 6.45) is 4.61. The van der Waals surface area contributed by atoms with E-state index in [2.05, 4.69) is 0 Å². The van der Waals surface area contributed by atoms with Gasteiger partial charge in [-0.2, -0.15) is 0 Å². The maximum atomic E-state index is 13.1. The van der Waals surface area contributed by atoms with E-state index in [9.17, 15) is 4.79 Å². The van der Waals surface area contributed by atoms with Gasteiger partial charge in [0.1, 0.15) is 11.3 Å².